The van der Waals surface area contributed by atoms with Crippen molar-refractivity contribution >= 4 is 12.4 Å². The average molecular weight is 184 g/mol. The van der Waals surface area contributed by atoms with Crippen LogP contribution in [0.15, 0.2) is 24.3 Å². The summed E-state index contributed by atoms with van der Waals surface area (Å²) in [5.41, 5.74) is 8.76. The first kappa shape index (κ1) is 9.56. The molecule has 1 aromatic carbocycles. The van der Waals surface area contributed by atoms with Crippen LogP contribution in [0.1, 0.15) is 30.0 Å². The van der Waals surface area contributed by atoms with Crippen LogP contribution in [0, 0.1) is 0 Å². The van der Waals surface area contributed by atoms with E-state index in [0.717, 1.165) is 6.42 Å². The summed E-state index contributed by atoms with van der Waals surface area (Å²) in [4.78, 5) is 0. The maximum absolute atomic E-state index is 5.95. The Morgan fingerprint density at radius 2 is 2.00 bits per heavy atom. The Kier molecular flexibility index (Phi) is 3.12. The maximum Gasteiger partial charge on any atom is 0.0297 e. The van der Waals surface area contributed by atoms with E-state index in [2.05, 4.69) is 24.3 Å². The van der Waals surface area contributed by atoms with Gasteiger partial charge in [-0.05, 0) is 30.4 Å². The number of nitrogens with two attached hydrogens (primary N) is 1. The Balaban J connectivity index is 0.000000720. The van der Waals surface area contributed by atoms with E-state index in [0.29, 0.717) is 6.04 Å². The van der Waals surface area contributed by atoms with Gasteiger partial charge in [0.2, 0.25) is 0 Å². The summed E-state index contributed by atoms with van der Waals surface area (Å²) >= 11 is 0. The molecule has 2 heteroatoms. The van der Waals surface area contributed by atoms with Crippen molar-refractivity contribution in [2.45, 2.75) is 25.3 Å². The lowest BCUT2D eigenvalue weighted by Crippen LogP contribution is -2.16. The Morgan fingerprint density at radius 1 is 1.25 bits per heavy atom. The van der Waals surface area contributed by atoms with Crippen LogP contribution in [0.3, 0.4) is 0 Å². The fraction of sp³-hybridized carbons (Fsp3) is 0.400. The predicted molar refractivity (Wildman–Crippen MR) is 53.6 cm³/mol. The number of rotatable bonds is 0. The van der Waals surface area contributed by atoms with Gasteiger partial charge < -0.3 is 5.73 Å². The quantitative estimate of drug-likeness (QED) is 0.657. The highest BCUT2D eigenvalue weighted by Crippen LogP contribution is 2.26. The second kappa shape index (κ2) is 3.92. The van der Waals surface area contributed by atoms with Gasteiger partial charge in [0, 0.05) is 6.04 Å². The molecule has 2 rings (SSSR count). The van der Waals surface area contributed by atoms with Gasteiger partial charge >= 0.3 is 0 Å². The third-order valence-electron chi connectivity index (χ3n) is 2.42. The van der Waals surface area contributed by atoms with Gasteiger partial charge in [-0.15, -0.1) is 12.4 Å². The molecule has 0 amide bonds. The molecule has 1 atom stereocenters. The summed E-state index contributed by atoms with van der Waals surface area (Å²) in [6.45, 7) is 0. The SMILES string of the molecule is Cl.N[C@H]1CCCc2ccccc21. The molecular formula is C10H14ClN. The molecule has 0 spiro atoms. The van der Waals surface area contributed by atoms with E-state index in [1.165, 1.54) is 24.0 Å². The molecule has 66 valence electrons. The monoisotopic (exact) mass is 183 g/mol. The van der Waals surface area contributed by atoms with Crippen molar-refractivity contribution in [3.8, 4) is 0 Å². The molecule has 1 aliphatic rings. The number of hydrogen-bond acceptors (Lipinski definition) is 1. The molecule has 0 saturated carbocycles. The lowest BCUT2D eigenvalue weighted by Gasteiger charge is -2.21. The summed E-state index contributed by atoms with van der Waals surface area (Å²) in [6.07, 6.45) is 3.61. The van der Waals surface area contributed by atoms with E-state index in [-0.39, 0.29) is 12.4 Å². The highest BCUT2D eigenvalue weighted by molar-refractivity contribution is 5.85. The average Bonchev–Trinajstić information content (AvgIpc) is 2.06. The molecular weight excluding hydrogens is 170 g/mol. The van der Waals surface area contributed by atoms with Crippen LogP contribution in [0.5, 0.6) is 0 Å². The first-order valence-electron chi connectivity index (χ1n) is 4.21. The highest BCUT2D eigenvalue weighted by atomic mass is 35.5. The minimum absolute atomic E-state index is 0. The van der Waals surface area contributed by atoms with Crippen LogP contribution in [0.4, 0.5) is 0 Å². The van der Waals surface area contributed by atoms with Crippen LogP contribution in [-0.4, -0.2) is 0 Å². The fourth-order valence-electron chi connectivity index (χ4n) is 1.79. The molecule has 0 aromatic heterocycles. The van der Waals surface area contributed by atoms with Gasteiger partial charge in [-0.3, -0.25) is 0 Å². The largest absolute Gasteiger partial charge is 0.324 e. The van der Waals surface area contributed by atoms with E-state index < -0.39 is 0 Å². The normalized spacial score (nSPS) is 20.9. The molecule has 0 saturated heterocycles. The summed E-state index contributed by atoms with van der Waals surface area (Å²) in [5.74, 6) is 0. The highest BCUT2D eigenvalue weighted by Gasteiger charge is 2.14. The van der Waals surface area contributed by atoms with Crippen LogP contribution in [0.2, 0.25) is 0 Å². The summed E-state index contributed by atoms with van der Waals surface area (Å²) in [5, 5.41) is 0. The van der Waals surface area contributed by atoms with E-state index >= 15 is 0 Å². The summed E-state index contributed by atoms with van der Waals surface area (Å²) in [6, 6.07) is 8.80. The molecule has 0 unspecified atom stereocenters. The summed E-state index contributed by atoms with van der Waals surface area (Å²) in [7, 11) is 0. The van der Waals surface area contributed by atoms with Crippen molar-refractivity contribution in [2.75, 3.05) is 0 Å². The topological polar surface area (TPSA) is 26.0 Å². The number of hydrogen-bond donors (Lipinski definition) is 1. The van der Waals surface area contributed by atoms with Crippen molar-refractivity contribution < 1.29 is 0 Å². The molecule has 2 N–H and O–H groups in total. The predicted octanol–water partition coefficient (Wildman–Crippen LogP) is 2.44. The number of benzene rings is 1. The second-order valence-electron chi connectivity index (χ2n) is 3.20. The van der Waals surface area contributed by atoms with Gasteiger partial charge in [0.05, 0.1) is 0 Å². The van der Waals surface area contributed by atoms with Crippen LogP contribution in [0.25, 0.3) is 0 Å². The first-order chi connectivity index (χ1) is 5.38. The molecule has 0 radical (unpaired) electrons. The van der Waals surface area contributed by atoms with Gasteiger partial charge in [0.1, 0.15) is 0 Å². The van der Waals surface area contributed by atoms with E-state index in [1.807, 2.05) is 0 Å². The van der Waals surface area contributed by atoms with E-state index in [1.54, 1.807) is 0 Å². The smallest absolute Gasteiger partial charge is 0.0297 e. The number of halogens is 1. The molecule has 0 fully saturated rings. The Bertz CT molecular complexity index is 260. The Labute approximate surface area is 79.4 Å². The minimum Gasteiger partial charge on any atom is -0.324 e. The fourth-order valence-corrected chi connectivity index (χ4v) is 1.79. The maximum atomic E-state index is 5.95. The third kappa shape index (κ3) is 1.62. The van der Waals surface area contributed by atoms with E-state index in [9.17, 15) is 0 Å². The Morgan fingerprint density at radius 3 is 2.75 bits per heavy atom. The molecule has 0 heterocycles. The zero-order valence-electron chi connectivity index (χ0n) is 6.99. The molecule has 12 heavy (non-hydrogen) atoms. The Hall–Kier alpha value is -0.530. The molecule has 1 aromatic rings. The standard InChI is InChI=1S/C10H13N.ClH/c11-10-7-3-5-8-4-1-2-6-9(8)10;/h1-2,4,6,10H,3,5,7,11H2;1H/t10-;/m0./s1. The molecule has 0 bridgehead atoms. The summed E-state index contributed by atoms with van der Waals surface area (Å²) < 4.78 is 0. The van der Waals surface area contributed by atoms with Crippen LogP contribution >= 0.6 is 12.4 Å². The lowest BCUT2D eigenvalue weighted by atomic mass is 9.88. The van der Waals surface area contributed by atoms with Crippen LogP contribution < -0.4 is 5.73 Å². The van der Waals surface area contributed by atoms with Crippen molar-refractivity contribution in [1.29, 1.82) is 0 Å². The second-order valence-corrected chi connectivity index (χ2v) is 3.20. The minimum atomic E-state index is 0. The zero-order valence-corrected chi connectivity index (χ0v) is 7.81. The molecule has 1 aliphatic carbocycles. The van der Waals surface area contributed by atoms with E-state index in [4.69, 9.17) is 5.73 Å². The van der Waals surface area contributed by atoms with Crippen molar-refractivity contribution in [3.63, 3.8) is 0 Å². The lowest BCUT2D eigenvalue weighted by molar-refractivity contribution is 0.570. The number of fused-ring (bicyclic) bond motifs is 1. The first-order valence-corrected chi connectivity index (χ1v) is 4.21. The van der Waals surface area contributed by atoms with Gasteiger partial charge in [-0.1, -0.05) is 24.3 Å². The third-order valence-corrected chi connectivity index (χ3v) is 2.42. The van der Waals surface area contributed by atoms with Crippen LogP contribution in [-0.2, 0) is 6.42 Å². The van der Waals surface area contributed by atoms with Crippen molar-refractivity contribution in [2.24, 2.45) is 5.73 Å². The zero-order chi connectivity index (χ0) is 7.68. The van der Waals surface area contributed by atoms with Gasteiger partial charge in [0.15, 0.2) is 0 Å². The number of aryl methyl sites for hydroxylation is 1. The van der Waals surface area contributed by atoms with Gasteiger partial charge in [0.25, 0.3) is 0 Å². The van der Waals surface area contributed by atoms with Crippen molar-refractivity contribution in [3.05, 3.63) is 35.4 Å². The van der Waals surface area contributed by atoms with Gasteiger partial charge in [-0.2, -0.15) is 0 Å². The van der Waals surface area contributed by atoms with Gasteiger partial charge in [-0.25, -0.2) is 0 Å². The molecule has 0 aliphatic heterocycles. The molecule has 1 nitrogen and oxygen atoms in total. The van der Waals surface area contributed by atoms with Crippen molar-refractivity contribution in [1.82, 2.24) is 0 Å².